The second-order valence-corrected chi connectivity index (χ2v) is 15.1. The summed E-state index contributed by atoms with van der Waals surface area (Å²) < 4.78 is 35.8. The Kier molecular flexibility index (Phi) is 12.1. The van der Waals surface area contributed by atoms with E-state index in [1.807, 2.05) is 58.0 Å². The number of benzene rings is 4. The van der Waals surface area contributed by atoms with Crippen LogP contribution in [0.15, 0.2) is 112 Å². The zero-order chi connectivity index (χ0) is 34.2. The van der Waals surface area contributed by atoms with E-state index in [0.29, 0.717) is 27.4 Å². The molecule has 0 heterocycles. The van der Waals surface area contributed by atoms with Crippen LogP contribution in [0.2, 0.25) is 5.02 Å². The molecule has 0 fully saturated rings. The fourth-order valence-corrected chi connectivity index (χ4v) is 6.83. The zero-order valence-electron chi connectivity index (χ0n) is 26.8. The molecule has 0 spiro atoms. The topological polar surface area (TPSA) is 96.0 Å². The maximum atomic E-state index is 14.6. The summed E-state index contributed by atoms with van der Waals surface area (Å²) in [6.07, 6.45) is 0.196. The van der Waals surface area contributed by atoms with Gasteiger partial charge in [-0.05, 0) is 93.4 Å². The number of hydrogen-bond acceptors (Lipinski definition) is 5. The number of halogens is 2. The van der Waals surface area contributed by atoms with Crippen LogP contribution in [-0.2, 0) is 32.6 Å². The Morgan fingerprint density at radius 3 is 2.11 bits per heavy atom. The molecule has 0 bridgehead atoms. The molecule has 0 aliphatic carbocycles. The lowest BCUT2D eigenvalue weighted by atomic mass is 10.0. The maximum absolute atomic E-state index is 14.6. The lowest BCUT2D eigenvalue weighted by Crippen LogP contribution is -2.56. The Balaban J connectivity index is 1.82. The predicted octanol–water partition coefficient (Wildman–Crippen LogP) is 7.25. The number of carbonyl (C=O) groups excluding carboxylic acids is 2. The van der Waals surface area contributed by atoms with E-state index in [0.717, 1.165) is 9.87 Å². The molecular weight excluding hydrogens is 702 g/mol. The normalized spacial score (nSPS) is 12.2. The number of hydrogen-bond donors (Lipinski definition) is 1. The van der Waals surface area contributed by atoms with Gasteiger partial charge in [0.1, 0.15) is 18.3 Å². The van der Waals surface area contributed by atoms with Crippen LogP contribution in [0.4, 0.5) is 5.69 Å². The summed E-state index contributed by atoms with van der Waals surface area (Å²) in [4.78, 5) is 30.0. The second kappa shape index (κ2) is 15.8. The molecule has 4 rings (SSSR count). The highest BCUT2D eigenvalue weighted by atomic mass is 79.9. The van der Waals surface area contributed by atoms with E-state index in [-0.39, 0.29) is 29.5 Å². The molecular formula is C36H39BrClN3O5S. The van der Waals surface area contributed by atoms with Gasteiger partial charge in [-0.2, -0.15) is 0 Å². The van der Waals surface area contributed by atoms with Crippen LogP contribution in [0.5, 0.6) is 5.75 Å². The number of ether oxygens (including phenoxy) is 1. The van der Waals surface area contributed by atoms with Gasteiger partial charge in [-0.3, -0.25) is 13.9 Å². The number of nitrogens with zero attached hydrogens (tertiary/aromatic N) is 2. The van der Waals surface area contributed by atoms with Gasteiger partial charge in [0.25, 0.3) is 10.0 Å². The number of amides is 2. The third-order valence-electron chi connectivity index (χ3n) is 7.18. The lowest BCUT2D eigenvalue weighted by Gasteiger charge is -2.35. The van der Waals surface area contributed by atoms with E-state index in [1.165, 1.54) is 17.0 Å². The fourth-order valence-electron chi connectivity index (χ4n) is 4.95. The SMILES string of the molecule is CCOc1ccc(N(CC(=O)N(Cc2ccccc2Cl)C(Cc2ccccc2)C(=O)NC(C)(C)C)S(=O)(=O)c2ccc(Br)cc2)cc1. The van der Waals surface area contributed by atoms with E-state index in [2.05, 4.69) is 21.2 Å². The molecule has 1 unspecified atom stereocenters. The summed E-state index contributed by atoms with van der Waals surface area (Å²) in [7, 11) is -4.24. The molecule has 11 heteroatoms. The second-order valence-electron chi connectivity index (χ2n) is 12.0. The molecule has 0 radical (unpaired) electrons. The Morgan fingerprint density at radius 1 is 0.894 bits per heavy atom. The first-order chi connectivity index (χ1) is 22.3. The first-order valence-electron chi connectivity index (χ1n) is 15.2. The molecule has 0 aromatic heterocycles. The van der Waals surface area contributed by atoms with Crippen molar-refractivity contribution >= 4 is 55.1 Å². The molecule has 0 saturated heterocycles. The van der Waals surface area contributed by atoms with Crippen molar-refractivity contribution in [3.05, 3.63) is 124 Å². The minimum absolute atomic E-state index is 0.00588. The molecule has 4 aromatic carbocycles. The van der Waals surface area contributed by atoms with Gasteiger partial charge in [0.15, 0.2) is 0 Å². The number of carbonyl (C=O) groups is 2. The standard InChI is InChI=1S/C36H39BrClN3O5S/c1-5-46-30-19-17-29(18-20-30)41(47(44,45)31-21-15-28(37)16-22-31)25-34(42)40(24-27-13-9-10-14-32(27)38)33(35(43)39-36(2,3)4)23-26-11-7-6-8-12-26/h6-22,33H,5,23-25H2,1-4H3,(H,39,43). The van der Waals surface area contributed by atoms with E-state index in [1.54, 1.807) is 60.7 Å². The average Bonchev–Trinajstić information content (AvgIpc) is 3.02. The van der Waals surface area contributed by atoms with Crippen LogP contribution in [0.1, 0.15) is 38.8 Å². The van der Waals surface area contributed by atoms with Gasteiger partial charge in [-0.15, -0.1) is 0 Å². The predicted molar refractivity (Wildman–Crippen MR) is 190 cm³/mol. The summed E-state index contributed by atoms with van der Waals surface area (Å²) in [5.74, 6) is -0.389. The molecule has 1 atom stereocenters. The summed E-state index contributed by atoms with van der Waals surface area (Å²) in [5, 5.41) is 3.45. The largest absolute Gasteiger partial charge is 0.494 e. The number of sulfonamides is 1. The van der Waals surface area contributed by atoms with Crippen molar-refractivity contribution < 1.29 is 22.7 Å². The highest BCUT2D eigenvalue weighted by Gasteiger charge is 2.36. The Morgan fingerprint density at radius 2 is 1.51 bits per heavy atom. The van der Waals surface area contributed by atoms with E-state index >= 15 is 0 Å². The first kappa shape index (κ1) is 36.0. The highest BCUT2D eigenvalue weighted by Crippen LogP contribution is 2.28. The lowest BCUT2D eigenvalue weighted by molar-refractivity contribution is -0.140. The van der Waals surface area contributed by atoms with Gasteiger partial charge in [0.2, 0.25) is 11.8 Å². The Hall–Kier alpha value is -3.86. The van der Waals surface area contributed by atoms with Crippen LogP contribution in [0.3, 0.4) is 0 Å². The van der Waals surface area contributed by atoms with Gasteiger partial charge in [-0.25, -0.2) is 8.42 Å². The summed E-state index contributed by atoms with van der Waals surface area (Å²) in [6, 6.07) is 28.2. The Labute approximate surface area is 290 Å². The molecule has 4 aromatic rings. The smallest absolute Gasteiger partial charge is 0.264 e. The highest BCUT2D eigenvalue weighted by molar-refractivity contribution is 9.10. The van der Waals surface area contributed by atoms with Gasteiger partial charge < -0.3 is 15.0 Å². The van der Waals surface area contributed by atoms with Crippen LogP contribution in [-0.4, -0.2) is 49.9 Å². The zero-order valence-corrected chi connectivity index (χ0v) is 30.0. The average molecular weight is 741 g/mol. The monoisotopic (exact) mass is 739 g/mol. The molecule has 248 valence electrons. The Bertz CT molecular complexity index is 1760. The quantitative estimate of drug-likeness (QED) is 0.156. The van der Waals surface area contributed by atoms with Crippen LogP contribution < -0.4 is 14.4 Å². The molecule has 0 aliphatic heterocycles. The fraction of sp³-hybridized carbons (Fsp3) is 0.278. The van der Waals surface area contributed by atoms with Gasteiger partial charge in [-0.1, -0.05) is 76.1 Å². The minimum atomic E-state index is -4.24. The summed E-state index contributed by atoms with van der Waals surface area (Å²) >= 11 is 9.93. The molecule has 0 aliphatic rings. The van der Waals surface area contributed by atoms with Crippen molar-refractivity contribution in [2.24, 2.45) is 0 Å². The molecule has 8 nitrogen and oxygen atoms in total. The van der Waals surface area contributed by atoms with Crippen molar-refractivity contribution in [3.63, 3.8) is 0 Å². The molecule has 47 heavy (non-hydrogen) atoms. The maximum Gasteiger partial charge on any atom is 0.264 e. The summed E-state index contributed by atoms with van der Waals surface area (Å²) in [6.45, 7) is 7.28. The van der Waals surface area contributed by atoms with Crippen molar-refractivity contribution in [3.8, 4) is 5.75 Å². The number of rotatable bonds is 13. The van der Waals surface area contributed by atoms with Gasteiger partial charge in [0, 0.05) is 28.0 Å². The van der Waals surface area contributed by atoms with E-state index in [9.17, 15) is 18.0 Å². The number of anilines is 1. The van der Waals surface area contributed by atoms with Crippen molar-refractivity contribution in [1.82, 2.24) is 10.2 Å². The van der Waals surface area contributed by atoms with E-state index < -0.39 is 34.1 Å². The third kappa shape index (κ3) is 9.82. The van der Waals surface area contributed by atoms with Crippen LogP contribution in [0.25, 0.3) is 0 Å². The van der Waals surface area contributed by atoms with Gasteiger partial charge in [0.05, 0.1) is 17.2 Å². The first-order valence-corrected chi connectivity index (χ1v) is 17.8. The molecule has 1 N–H and O–H groups in total. The summed E-state index contributed by atoms with van der Waals surface area (Å²) in [5.41, 5.74) is 1.13. The van der Waals surface area contributed by atoms with E-state index in [4.69, 9.17) is 16.3 Å². The minimum Gasteiger partial charge on any atom is -0.494 e. The van der Waals surface area contributed by atoms with Crippen LogP contribution >= 0.6 is 27.5 Å². The van der Waals surface area contributed by atoms with Crippen molar-refractivity contribution in [2.75, 3.05) is 17.5 Å². The number of nitrogens with one attached hydrogen (secondary N) is 1. The van der Waals surface area contributed by atoms with Crippen molar-refractivity contribution in [2.45, 2.75) is 57.1 Å². The molecule has 2 amide bonds. The van der Waals surface area contributed by atoms with Crippen LogP contribution in [0, 0.1) is 0 Å². The molecule has 0 saturated carbocycles. The van der Waals surface area contributed by atoms with Crippen molar-refractivity contribution in [1.29, 1.82) is 0 Å². The van der Waals surface area contributed by atoms with Gasteiger partial charge >= 0.3 is 0 Å². The third-order valence-corrected chi connectivity index (χ3v) is 9.87.